The van der Waals surface area contributed by atoms with E-state index in [4.69, 9.17) is 4.74 Å². The van der Waals surface area contributed by atoms with Gasteiger partial charge < -0.3 is 9.84 Å². The second-order valence-corrected chi connectivity index (χ2v) is 8.11. The van der Waals surface area contributed by atoms with Gasteiger partial charge in [-0.25, -0.2) is 4.98 Å². The van der Waals surface area contributed by atoms with Gasteiger partial charge in [0.05, 0.1) is 29.9 Å². The van der Waals surface area contributed by atoms with Crippen molar-refractivity contribution in [3.05, 3.63) is 46.7 Å². The SMILES string of the molecule is C=C[C@H]1CN2CCC1C[C@H]2[C@H](O)c1c(C#N)c(C#N)nc2cc(C#N)c(OC)c(C#N)c12. The van der Waals surface area contributed by atoms with Gasteiger partial charge in [-0.2, -0.15) is 21.0 Å². The maximum atomic E-state index is 11.6. The molecule has 8 heteroatoms. The van der Waals surface area contributed by atoms with Crippen LogP contribution in [0.1, 0.15) is 46.9 Å². The van der Waals surface area contributed by atoms with Gasteiger partial charge in [0.25, 0.3) is 0 Å². The fraction of sp³-hybridized carbons (Fsp3) is 0.375. The largest absolute Gasteiger partial charge is 0.494 e. The smallest absolute Gasteiger partial charge is 0.159 e. The van der Waals surface area contributed by atoms with E-state index in [0.29, 0.717) is 18.3 Å². The Kier molecular flexibility index (Phi) is 5.52. The van der Waals surface area contributed by atoms with E-state index >= 15 is 0 Å². The third-order valence-corrected chi connectivity index (χ3v) is 6.73. The Morgan fingerprint density at radius 1 is 1.22 bits per heavy atom. The van der Waals surface area contributed by atoms with Crippen molar-refractivity contribution in [1.29, 1.82) is 21.0 Å². The van der Waals surface area contributed by atoms with Gasteiger partial charge in [0, 0.05) is 23.5 Å². The first kappa shape index (κ1) is 21.3. The van der Waals surface area contributed by atoms with Crippen molar-refractivity contribution in [2.45, 2.75) is 25.0 Å². The predicted molar refractivity (Wildman–Crippen MR) is 114 cm³/mol. The van der Waals surface area contributed by atoms with Gasteiger partial charge in [0.1, 0.15) is 29.8 Å². The number of pyridine rings is 1. The second-order valence-electron chi connectivity index (χ2n) is 8.11. The van der Waals surface area contributed by atoms with Gasteiger partial charge in [-0.05, 0) is 37.3 Å². The predicted octanol–water partition coefficient (Wildman–Crippen LogP) is 2.66. The molecule has 1 aromatic heterocycles. The van der Waals surface area contributed by atoms with Crippen LogP contribution in [-0.2, 0) is 0 Å². The number of nitrogens with zero attached hydrogens (tertiary/aromatic N) is 6. The van der Waals surface area contributed by atoms with Crippen LogP contribution < -0.4 is 4.74 Å². The quantitative estimate of drug-likeness (QED) is 0.739. The van der Waals surface area contributed by atoms with Gasteiger partial charge >= 0.3 is 0 Å². The van der Waals surface area contributed by atoms with Crippen LogP contribution in [-0.4, -0.2) is 41.2 Å². The molecule has 32 heavy (non-hydrogen) atoms. The first-order valence-electron chi connectivity index (χ1n) is 10.3. The van der Waals surface area contributed by atoms with E-state index < -0.39 is 6.10 Å². The summed E-state index contributed by atoms with van der Waals surface area (Å²) in [7, 11) is 1.35. The highest BCUT2D eigenvalue weighted by atomic mass is 16.5. The number of aliphatic hydroxyl groups excluding tert-OH is 1. The first-order valence-corrected chi connectivity index (χ1v) is 10.3. The van der Waals surface area contributed by atoms with E-state index in [1.165, 1.54) is 13.2 Å². The molecule has 1 N–H and O–H groups in total. The Morgan fingerprint density at radius 3 is 2.50 bits per heavy atom. The van der Waals surface area contributed by atoms with Gasteiger partial charge in [0.2, 0.25) is 0 Å². The monoisotopic (exact) mass is 424 g/mol. The van der Waals surface area contributed by atoms with Crippen molar-refractivity contribution in [1.82, 2.24) is 9.88 Å². The first-order chi connectivity index (χ1) is 15.5. The number of fused-ring (bicyclic) bond motifs is 4. The van der Waals surface area contributed by atoms with Crippen LogP contribution >= 0.6 is 0 Å². The lowest BCUT2D eigenvalue weighted by atomic mass is 9.73. The van der Waals surface area contributed by atoms with E-state index in [9.17, 15) is 26.2 Å². The Morgan fingerprint density at radius 2 is 1.97 bits per heavy atom. The van der Waals surface area contributed by atoms with Gasteiger partial charge in [-0.3, -0.25) is 4.90 Å². The molecule has 3 saturated heterocycles. The zero-order valence-electron chi connectivity index (χ0n) is 17.5. The molecule has 0 amide bonds. The topological polar surface area (TPSA) is 141 Å². The molecule has 3 aliphatic heterocycles. The minimum absolute atomic E-state index is 0.0176. The normalized spacial score (nSPS) is 24.6. The highest BCUT2D eigenvalue weighted by molar-refractivity contribution is 5.94. The summed E-state index contributed by atoms with van der Waals surface area (Å²) in [5.74, 6) is 0.782. The Labute approximate surface area is 185 Å². The molecule has 0 aliphatic carbocycles. The minimum atomic E-state index is -1.12. The number of piperidine rings is 3. The van der Waals surface area contributed by atoms with Crippen molar-refractivity contribution in [3.8, 4) is 30.0 Å². The summed E-state index contributed by atoms with van der Waals surface area (Å²) in [4.78, 5) is 6.42. The number of aliphatic hydroxyl groups is 1. The summed E-state index contributed by atoms with van der Waals surface area (Å²) in [5, 5.41) is 50.8. The standard InChI is InChI=1S/C24H20N6O2/c1-3-13-12-30-5-4-14(13)7-20(30)23(31)22-16(9-26)19(11-28)29-18-6-15(8-25)24(32-2)17(10-27)21(18)22/h3,6,13-14,20,23,31H,1,4-5,7,12H2,2H3/t13-,14?,20-,23-/m0/s1. The average Bonchev–Trinajstić information content (AvgIpc) is 2.85. The van der Waals surface area contributed by atoms with Crippen LogP contribution in [0.25, 0.3) is 10.9 Å². The zero-order valence-corrected chi connectivity index (χ0v) is 17.5. The summed E-state index contributed by atoms with van der Waals surface area (Å²) < 4.78 is 5.33. The van der Waals surface area contributed by atoms with E-state index in [1.54, 1.807) is 0 Å². The lowest BCUT2D eigenvalue weighted by Gasteiger charge is -2.50. The number of hydrogen-bond donors (Lipinski definition) is 1. The number of methoxy groups -OCH3 is 1. The number of hydrogen-bond acceptors (Lipinski definition) is 8. The maximum absolute atomic E-state index is 11.6. The molecular weight excluding hydrogens is 404 g/mol. The van der Waals surface area contributed by atoms with Crippen LogP contribution in [0.4, 0.5) is 0 Å². The van der Waals surface area contributed by atoms with Crippen molar-refractivity contribution in [3.63, 3.8) is 0 Å². The summed E-state index contributed by atoms with van der Waals surface area (Å²) >= 11 is 0. The molecule has 3 fully saturated rings. The van der Waals surface area contributed by atoms with Crippen LogP contribution in [0.15, 0.2) is 18.7 Å². The molecule has 158 valence electrons. The molecule has 0 spiro atoms. The van der Waals surface area contributed by atoms with Crippen molar-refractivity contribution < 1.29 is 9.84 Å². The Hall–Kier alpha value is -3.95. The minimum Gasteiger partial charge on any atom is -0.494 e. The fourth-order valence-corrected chi connectivity index (χ4v) is 5.23. The van der Waals surface area contributed by atoms with Crippen molar-refractivity contribution in [2.24, 2.45) is 11.8 Å². The molecule has 2 aromatic rings. The van der Waals surface area contributed by atoms with E-state index in [1.807, 2.05) is 24.3 Å². The van der Waals surface area contributed by atoms with E-state index in [2.05, 4.69) is 22.5 Å². The zero-order chi connectivity index (χ0) is 23.0. The number of aromatic nitrogens is 1. The Balaban J connectivity index is 2.01. The summed E-state index contributed by atoms with van der Waals surface area (Å²) in [6, 6.07) is 9.12. The molecule has 5 rings (SSSR count). The second kappa shape index (κ2) is 8.29. The fourth-order valence-electron chi connectivity index (χ4n) is 5.23. The molecule has 0 saturated carbocycles. The number of benzene rings is 1. The van der Waals surface area contributed by atoms with Crippen molar-refractivity contribution >= 4 is 10.9 Å². The van der Waals surface area contributed by atoms with Gasteiger partial charge in [0.15, 0.2) is 11.4 Å². The number of rotatable bonds is 4. The number of ether oxygens (including phenoxy) is 1. The van der Waals surface area contributed by atoms with Gasteiger partial charge in [-0.1, -0.05) is 6.08 Å². The molecule has 4 heterocycles. The van der Waals surface area contributed by atoms with Crippen LogP contribution in [0, 0.1) is 57.2 Å². The third-order valence-electron chi connectivity index (χ3n) is 6.73. The van der Waals surface area contributed by atoms with E-state index in [0.717, 1.165) is 19.5 Å². The molecule has 5 atom stereocenters. The average molecular weight is 424 g/mol. The highest BCUT2D eigenvalue weighted by Gasteiger charge is 2.43. The lowest BCUT2D eigenvalue weighted by molar-refractivity contribution is -0.0445. The summed E-state index contributed by atoms with van der Waals surface area (Å²) in [6.07, 6.45) is 2.55. The molecule has 2 bridgehead atoms. The molecule has 2 unspecified atom stereocenters. The molecular formula is C24H20N6O2. The van der Waals surface area contributed by atoms with Gasteiger partial charge in [-0.15, -0.1) is 6.58 Å². The van der Waals surface area contributed by atoms with Crippen LogP contribution in [0.5, 0.6) is 5.75 Å². The Bertz CT molecular complexity index is 1290. The third kappa shape index (κ3) is 3.06. The molecule has 8 nitrogen and oxygen atoms in total. The highest BCUT2D eigenvalue weighted by Crippen LogP contribution is 2.44. The number of nitriles is 4. The molecule has 0 radical (unpaired) electrons. The summed E-state index contributed by atoms with van der Waals surface area (Å²) in [5.41, 5.74) is 0.298. The van der Waals surface area contributed by atoms with Crippen LogP contribution in [0.2, 0.25) is 0 Å². The maximum Gasteiger partial charge on any atom is 0.159 e. The van der Waals surface area contributed by atoms with Crippen molar-refractivity contribution in [2.75, 3.05) is 20.2 Å². The summed E-state index contributed by atoms with van der Waals surface area (Å²) in [6.45, 7) is 5.51. The van der Waals surface area contributed by atoms with Crippen LogP contribution in [0.3, 0.4) is 0 Å². The molecule has 1 aromatic carbocycles. The van der Waals surface area contributed by atoms with E-state index in [-0.39, 0.29) is 50.6 Å². The lowest BCUT2D eigenvalue weighted by Crippen LogP contribution is -2.55. The molecule has 3 aliphatic rings.